The summed E-state index contributed by atoms with van der Waals surface area (Å²) >= 11 is 0. The standard InChI is InChI=1S/C15H31NO/c1-6-10-11-12-13-14(17)15(5,7-2)16(8-3)9-4/h6-13H2,1-5H3. The number of hydrogen-bond acceptors (Lipinski definition) is 2. The highest BCUT2D eigenvalue weighted by atomic mass is 16.1. The van der Waals surface area contributed by atoms with Crippen LogP contribution in [0.5, 0.6) is 0 Å². The van der Waals surface area contributed by atoms with Crippen LogP contribution in [0, 0.1) is 0 Å². The molecule has 102 valence electrons. The number of nitrogens with zero attached hydrogens (tertiary/aromatic N) is 1. The van der Waals surface area contributed by atoms with Gasteiger partial charge in [0.1, 0.15) is 0 Å². The minimum Gasteiger partial charge on any atom is -0.298 e. The fourth-order valence-corrected chi connectivity index (χ4v) is 2.50. The molecule has 0 N–H and O–H groups in total. The maximum absolute atomic E-state index is 12.4. The van der Waals surface area contributed by atoms with Gasteiger partial charge < -0.3 is 0 Å². The topological polar surface area (TPSA) is 20.3 Å². The fraction of sp³-hybridized carbons (Fsp3) is 0.933. The number of ketones is 1. The Morgan fingerprint density at radius 3 is 2.00 bits per heavy atom. The molecule has 0 saturated carbocycles. The lowest BCUT2D eigenvalue weighted by Crippen LogP contribution is -2.51. The molecule has 0 bridgehead atoms. The van der Waals surface area contributed by atoms with Crippen LogP contribution in [0.3, 0.4) is 0 Å². The minimum absolute atomic E-state index is 0.240. The van der Waals surface area contributed by atoms with Crippen molar-refractivity contribution < 1.29 is 4.79 Å². The molecule has 0 saturated heterocycles. The summed E-state index contributed by atoms with van der Waals surface area (Å²) in [6.07, 6.45) is 6.41. The predicted octanol–water partition coefficient (Wildman–Crippen LogP) is 4.04. The number of unbranched alkanes of at least 4 members (excludes halogenated alkanes) is 3. The molecular weight excluding hydrogens is 210 g/mol. The van der Waals surface area contributed by atoms with Gasteiger partial charge in [-0.3, -0.25) is 9.69 Å². The zero-order valence-corrected chi connectivity index (χ0v) is 12.5. The van der Waals surface area contributed by atoms with Gasteiger partial charge >= 0.3 is 0 Å². The molecule has 2 heteroatoms. The van der Waals surface area contributed by atoms with Crippen molar-refractivity contribution in [2.75, 3.05) is 13.1 Å². The maximum Gasteiger partial charge on any atom is 0.152 e. The number of hydrogen-bond donors (Lipinski definition) is 0. The second-order valence-electron chi connectivity index (χ2n) is 5.03. The van der Waals surface area contributed by atoms with E-state index in [-0.39, 0.29) is 5.54 Å². The van der Waals surface area contributed by atoms with Crippen molar-refractivity contribution in [1.82, 2.24) is 4.90 Å². The van der Waals surface area contributed by atoms with Crippen LogP contribution in [0.4, 0.5) is 0 Å². The number of rotatable bonds is 10. The number of likely N-dealkylation sites (N-methyl/N-ethyl adjacent to an activating group) is 1. The molecule has 0 radical (unpaired) electrons. The summed E-state index contributed by atoms with van der Waals surface area (Å²) in [5.74, 6) is 0.430. The number of carbonyl (C=O) groups is 1. The molecule has 0 heterocycles. The molecule has 0 amide bonds. The van der Waals surface area contributed by atoms with Gasteiger partial charge in [0.15, 0.2) is 5.78 Å². The highest BCUT2D eigenvalue weighted by Gasteiger charge is 2.34. The highest BCUT2D eigenvalue weighted by Crippen LogP contribution is 2.23. The largest absolute Gasteiger partial charge is 0.298 e. The molecule has 0 aromatic heterocycles. The van der Waals surface area contributed by atoms with Crippen molar-refractivity contribution in [3.63, 3.8) is 0 Å². The average molecular weight is 241 g/mol. The van der Waals surface area contributed by atoms with Crippen molar-refractivity contribution in [3.8, 4) is 0 Å². The first-order valence-corrected chi connectivity index (χ1v) is 7.35. The lowest BCUT2D eigenvalue weighted by atomic mass is 9.87. The first-order chi connectivity index (χ1) is 8.06. The third kappa shape index (κ3) is 4.79. The van der Waals surface area contributed by atoms with Crippen LogP contribution in [0.25, 0.3) is 0 Å². The Hall–Kier alpha value is -0.370. The zero-order valence-electron chi connectivity index (χ0n) is 12.5. The van der Waals surface area contributed by atoms with Crippen molar-refractivity contribution in [2.24, 2.45) is 0 Å². The van der Waals surface area contributed by atoms with Crippen LogP contribution in [-0.2, 0) is 4.79 Å². The number of carbonyl (C=O) groups excluding carboxylic acids is 1. The highest BCUT2D eigenvalue weighted by molar-refractivity contribution is 5.87. The van der Waals surface area contributed by atoms with E-state index in [1.165, 1.54) is 19.3 Å². The summed E-state index contributed by atoms with van der Waals surface area (Å²) in [7, 11) is 0. The third-order valence-electron chi connectivity index (χ3n) is 4.01. The van der Waals surface area contributed by atoms with E-state index in [9.17, 15) is 4.79 Å². The van der Waals surface area contributed by atoms with E-state index in [0.717, 1.165) is 32.4 Å². The van der Waals surface area contributed by atoms with Crippen LogP contribution < -0.4 is 0 Å². The van der Waals surface area contributed by atoms with Gasteiger partial charge in [0.2, 0.25) is 0 Å². The Morgan fingerprint density at radius 1 is 1.00 bits per heavy atom. The Balaban J connectivity index is 4.36. The normalized spacial score (nSPS) is 14.9. The van der Waals surface area contributed by atoms with E-state index in [0.29, 0.717) is 5.78 Å². The van der Waals surface area contributed by atoms with Crippen LogP contribution in [0.1, 0.15) is 73.1 Å². The van der Waals surface area contributed by atoms with Crippen molar-refractivity contribution in [3.05, 3.63) is 0 Å². The Kier molecular flexibility index (Phi) is 8.49. The van der Waals surface area contributed by atoms with Gasteiger partial charge in [0, 0.05) is 6.42 Å². The van der Waals surface area contributed by atoms with Gasteiger partial charge in [-0.05, 0) is 32.9 Å². The summed E-state index contributed by atoms with van der Waals surface area (Å²) in [6, 6.07) is 0. The maximum atomic E-state index is 12.4. The average Bonchev–Trinajstić information content (AvgIpc) is 2.35. The molecule has 1 unspecified atom stereocenters. The third-order valence-corrected chi connectivity index (χ3v) is 4.01. The zero-order chi connectivity index (χ0) is 13.3. The molecule has 0 fully saturated rings. The van der Waals surface area contributed by atoms with Gasteiger partial charge in [-0.25, -0.2) is 0 Å². The van der Waals surface area contributed by atoms with E-state index < -0.39 is 0 Å². The molecule has 1 atom stereocenters. The molecule has 0 spiro atoms. The molecule has 0 aliphatic rings. The van der Waals surface area contributed by atoms with Gasteiger partial charge in [0.25, 0.3) is 0 Å². The Bertz CT molecular complexity index is 211. The van der Waals surface area contributed by atoms with Gasteiger partial charge in [-0.2, -0.15) is 0 Å². The van der Waals surface area contributed by atoms with Crippen LogP contribution in [0.15, 0.2) is 0 Å². The lowest BCUT2D eigenvalue weighted by molar-refractivity contribution is -0.130. The van der Waals surface area contributed by atoms with Gasteiger partial charge in [0.05, 0.1) is 5.54 Å². The van der Waals surface area contributed by atoms with E-state index in [1.54, 1.807) is 0 Å². The summed E-state index contributed by atoms with van der Waals surface area (Å²) in [5, 5.41) is 0. The van der Waals surface area contributed by atoms with Crippen LogP contribution >= 0.6 is 0 Å². The second-order valence-corrected chi connectivity index (χ2v) is 5.03. The first kappa shape index (κ1) is 16.6. The van der Waals surface area contributed by atoms with Gasteiger partial charge in [-0.15, -0.1) is 0 Å². The fourth-order valence-electron chi connectivity index (χ4n) is 2.50. The summed E-state index contributed by atoms with van der Waals surface area (Å²) < 4.78 is 0. The van der Waals surface area contributed by atoms with Gasteiger partial charge in [-0.1, -0.05) is 47.0 Å². The van der Waals surface area contributed by atoms with Crippen LogP contribution in [0.2, 0.25) is 0 Å². The van der Waals surface area contributed by atoms with E-state index in [1.807, 2.05) is 0 Å². The number of Topliss-reactive ketones (excluding diaryl/α,β-unsaturated/α-hetero) is 1. The van der Waals surface area contributed by atoms with E-state index in [2.05, 4.69) is 39.5 Å². The minimum atomic E-state index is -0.240. The molecule has 0 rings (SSSR count). The summed E-state index contributed by atoms with van der Waals surface area (Å²) in [6.45, 7) is 12.6. The summed E-state index contributed by atoms with van der Waals surface area (Å²) in [5.41, 5.74) is -0.240. The quantitative estimate of drug-likeness (QED) is 0.538. The SMILES string of the molecule is CCCCCCC(=O)C(C)(CC)N(CC)CC. The monoisotopic (exact) mass is 241 g/mol. The molecule has 0 aliphatic heterocycles. The predicted molar refractivity (Wildman–Crippen MR) is 75.4 cm³/mol. The second kappa shape index (κ2) is 8.68. The lowest BCUT2D eigenvalue weighted by Gasteiger charge is -2.38. The Labute approximate surface area is 108 Å². The van der Waals surface area contributed by atoms with Crippen molar-refractivity contribution in [1.29, 1.82) is 0 Å². The smallest absolute Gasteiger partial charge is 0.152 e. The van der Waals surface area contributed by atoms with Crippen molar-refractivity contribution >= 4 is 5.78 Å². The molecule has 0 aromatic rings. The molecular formula is C15H31NO. The Morgan fingerprint density at radius 2 is 1.59 bits per heavy atom. The summed E-state index contributed by atoms with van der Waals surface area (Å²) in [4.78, 5) is 14.7. The molecule has 0 aliphatic carbocycles. The van der Waals surface area contributed by atoms with E-state index in [4.69, 9.17) is 0 Å². The molecule has 2 nitrogen and oxygen atoms in total. The van der Waals surface area contributed by atoms with E-state index >= 15 is 0 Å². The first-order valence-electron chi connectivity index (χ1n) is 7.35. The molecule has 0 aromatic carbocycles. The van der Waals surface area contributed by atoms with Crippen LogP contribution in [-0.4, -0.2) is 29.3 Å². The van der Waals surface area contributed by atoms with Crippen molar-refractivity contribution in [2.45, 2.75) is 78.7 Å². The molecule has 17 heavy (non-hydrogen) atoms.